The number of allylic oxidation sites excluding steroid dienone is 1. The molecule has 28 heavy (non-hydrogen) atoms. The van der Waals surface area contributed by atoms with Gasteiger partial charge < -0.3 is 18.9 Å². The lowest BCUT2D eigenvalue weighted by atomic mass is 10.2. The Morgan fingerprint density at radius 2 is 1.36 bits per heavy atom. The van der Waals surface area contributed by atoms with Crippen LogP contribution in [-0.2, 0) is 23.9 Å². The summed E-state index contributed by atoms with van der Waals surface area (Å²) in [6.45, 7) is 9.89. The number of hydrogen-bond donors (Lipinski definition) is 0. The fraction of sp³-hybridized carbons (Fsp3) is 0.476. The summed E-state index contributed by atoms with van der Waals surface area (Å²) in [4.78, 5) is 34.3. The van der Waals surface area contributed by atoms with Crippen LogP contribution in [-0.4, -0.2) is 42.6 Å². The fourth-order valence-corrected chi connectivity index (χ4v) is 2.03. The van der Waals surface area contributed by atoms with Crippen LogP contribution in [0.25, 0.3) is 6.08 Å². The molecule has 1 aromatic rings. The molecule has 0 bridgehead atoms. The van der Waals surface area contributed by atoms with E-state index < -0.39 is 23.1 Å². The molecule has 0 heterocycles. The maximum absolute atomic E-state index is 11.9. The highest BCUT2D eigenvalue weighted by atomic mass is 16.6. The molecule has 7 nitrogen and oxygen atoms in total. The molecule has 1 aromatic carbocycles. The van der Waals surface area contributed by atoms with Gasteiger partial charge in [-0.05, 0) is 65.3 Å². The molecule has 0 N–H and O–H groups in total. The number of hydrogen-bond acceptors (Lipinski definition) is 7. The summed E-state index contributed by atoms with van der Waals surface area (Å²) in [5.41, 5.74) is -0.596. The Hall–Kier alpha value is -2.83. The minimum absolute atomic E-state index is 0.238. The van der Waals surface area contributed by atoms with Crippen molar-refractivity contribution in [1.29, 1.82) is 0 Å². The number of benzene rings is 1. The SMILES string of the molecule is CC(C)(C)OC(=O)COc1ccc(C=CC=O)cc1OCC(=O)OC(C)(C)C. The van der Waals surface area contributed by atoms with Crippen LogP contribution >= 0.6 is 0 Å². The van der Waals surface area contributed by atoms with Crippen molar-refractivity contribution in [3.63, 3.8) is 0 Å². The lowest BCUT2D eigenvalue weighted by molar-refractivity contribution is -0.158. The van der Waals surface area contributed by atoms with Crippen LogP contribution in [0.1, 0.15) is 47.1 Å². The van der Waals surface area contributed by atoms with E-state index in [2.05, 4.69) is 0 Å². The maximum Gasteiger partial charge on any atom is 0.344 e. The Balaban J connectivity index is 2.89. The van der Waals surface area contributed by atoms with Gasteiger partial charge in [-0.3, -0.25) is 4.79 Å². The van der Waals surface area contributed by atoms with Gasteiger partial charge in [-0.15, -0.1) is 0 Å². The zero-order valence-electron chi connectivity index (χ0n) is 17.2. The number of esters is 2. The van der Waals surface area contributed by atoms with Gasteiger partial charge in [0, 0.05) is 0 Å². The molecule has 0 saturated carbocycles. The van der Waals surface area contributed by atoms with Crippen molar-refractivity contribution < 1.29 is 33.3 Å². The van der Waals surface area contributed by atoms with Gasteiger partial charge in [0.2, 0.25) is 0 Å². The van der Waals surface area contributed by atoms with E-state index >= 15 is 0 Å². The lowest BCUT2D eigenvalue weighted by Crippen LogP contribution is -2.28. The molecule has 0 aliphatic rings. The fourth-order valence-electron chi connectivity index (χ4n) is 2.03. The summed E-state index contributed by atoms with van der Waals surface area (Å²) in [6, 6.07) is 4.86. The van der Waals surface area contributed by atoms with Crippen LogP contribution in [0.15, 0.2) is 24.3 Å². The highest BCUT2D eigenvalue weighted by Gasteiger charge is 2.19. The van der Waals surface area contributed by atoms with Crippen LogP contribution in [0.4, 0.5) is 0 Å². The first kappa shape index (κ1) is 23.2. The molecule has 0 aromatic heterocycles. The Morgan fingerprint density at radius 3 is 1.82 bits per heavy atom. The zero-order valence-corrected chi connectivity index (χ0v) is 17.2. The third-order valence-corrected chi connectivity index (χ3v) is 2.87. The molecular formula is C21H28O7. The second kappa shape index (κ2) is 9.92. The third-order valence-electron chi connectivity index (χ3n) is 2.87. The van der Waals surface area contributed by atoms with Crippen molar-refractivity contribution in [1.82, 2.24) is 0 Å². The van der Waals surface area contributed by atoms with Gasteiger partial charge in [-0.25, -0.2) is 9.59 Å². The molecule has 0 saturated heterocycles. The lowest BCUT2D eigenvalue weighted by Gasteiger charge is -2.21. The predicted molar refractivity (Wildman–Crippen MR) is 104 cm³/mol. The highest BCUT2D eigenvalue weighted by Crippen LogP contribution is 2.29. The van der Waals surface area contributed by atoms with E-state index in [0.717, 1.165) is 0 Å². The Morgan fingerprint density at radius 1 is 0.857 bits per heavy atom. The number of aldehydes is 1. The molecular weight excluding hydrogens is 364 g/mol. The number of ether oxygens (including phenoxy) is 4. The van der Waals surface area contributed by atoms with E-state index in [0.29, 0.717) is 11.8 Å². The number of rotatable bonds is 8. The summed E-state index contributed by atoms with van der Waals surface area (Å²) in [6.07, 6.45) is 3.55. The molecule has 1 rings (SSSR count). The van der Waals surface area contributed by atoms with E-state index in [1.54, 1.807) is 65.8 Å². The second-order valence-corrected chi connectivity index (χ2v) is 7.95. The topological polar surface area (TPSA) is 88.1 Å². The van der Waals surface area contributed by atoms with Crippen molar-refractivity contribution in [3.8, 4) is 11.5 Å². The van der Waals surface area contributed by atoms with E-state index in [-0.39, 0.29) is 24.7 Å². The summed E-state index contributed by atoms with van der Waals surface area (Å²) in [5, 5.41) is 0. The average Bonchev–Trinajstić information content (AvgIpc) is 2.53. The molecule has 0 unspecified atom stereocenters. The summed E-state index contributed by atoms with van der Waals surface area (Å²) in [5.74, 6) is -0.574. The second-order valence-electron chi connectivity index (χ2n) is 7.95. The molecule has 0 spiro atoms. The average molecular weight is 392 g/mol. The van der Waals surface area contributed by atoms with Gasteiger partial charge in [-0.1, -0.05) is 12.1 Å². The Bertz CT molecular complexity index is 721. The van der Waals surface area contributed by atoms with Gasteiger partial charge in [0.25, 0.3) is 0 Å². The molecule has 7 heteroatoms. The molecule has 154 valence electrons. The van der Waals surface area contributed by atoms with Gasteiger partial charge >= 0.3 is 11.9 Å². The summed E-state index contributed by atoms with van der Waals surface area (Å²) in [7, 11) is 0. The van der Waals surface area contributed by atoms with Crippen LogP contribution in [0.5, 0.6) is 11.5 Å². The smallest absolute Gasteiger partial charge is 0.344 e. The first-order valence-electron chi connectivity index (χ1n) is 8.85. The van der Waals surface area contributed by atoms with Gasteiger partial charge in [0.05, 0.1) is 0 Å². The highest BCUT2D eigenvalue weighted by molar-refractivity contribution is 5.75. The van der Waals surface area contributed by atoms with Crippen LogP contribution < -0.4 is 9.47 Å². The van der Waals surface area contributed by atoms with Crippen molar-refractivity contribution >= 4 is 24.3 Å². The Labute approximate surface area is 165 Å². The number of carbonyl (C=O) groups excluding carboxylic acids is 3. The molecule has 0 atom stereocenters. The van der Waals surface area contributed by atoms with E-state index in [1.807, 2.05) is 0 Å². The van der Waals surface area contributed by atoms with Crippen molar-refractivity contribution in [2.24, 2.45) is 0 Å². The molecule has 0 radical (unpaired) electrons. The Kier molecular flexibility index (Phi) is 8.22. The first-order chi connectivity index (χ1) is 12.9. The largest absolute Gasteiger partial charge is 0.478 e. The van der Waals surface area contributed by atoms with Crippen LogP contribution in [0, 0.1) is 0 Å². The van der Waals surface area contributed by atoms with E-state index in [9.17, 15) is 14.4 Å². The number of carbonyl (C=O) groups is 3. The third kappa shape index (κ3) is 9.75. The van der Waals surface area contributed by atoms with E-state index in [4.69, 9.17) is 18.9 Å². The van der Waals surface area contributed by atoms with Crippen molar-refractivity contribution in [3.05, 3.63) is 29.8 Å². The summed E-state index contributed by atoms with van der Waals surface area (Å²) < 4.78 is 21.4. The minimum Gasteiger partial charge on any atom is -0.478 e. The quantitative estimate of drug-likeness (QED) is 0.381. The normalized spacial score (nSPS) is 11.8. The standard InChI is InChI=1S/C21H28O7/c1-20(2,3)27-18(23)13-25-16-10-9-15(8-7-11-22)12-17(16)26-14-19(24)28-21(4,5)6/h7-12H,13-14H2,1-6H3. The maximum atomic E-state index is 11.9. The monoisotopic (exact) mass is 392 g/mol. The molecule has 0 amide bonds. The minimum atomic E-state index is -0.634. The van der Waals surface area contributed by atoms with Crippen LogP contribution in [0.3, 0.4) is 0 Å². The van der Waals surface area contributed by atoms with Gasteiger partial charge in [-0.2, -0.15) is 0 Å². The van der Waals surface area contributed by atoms with E-state index in [1.165, 1.54) is 6.08 Å². The molecule has 0 aliphatic heterocycles. The van der Waals surface area contributed by atoms with Gasteiger partial charge in [0.1, 0.15) is 17.5 Å². The van der Waals surface area contributed by atoms with Crippen molar-refractivity contribution in [2.45, 2.75) is 52.7 Å². The molecule has 0 aliphatic carbocycles. The van der Waals surface area contributed by atoms with Crippen LogP contribution in [0.2, 0.25) is 0 Å². The molecule has 0 fully saturated rings. The first-order valence-corrected chi connectivity index (χ1v) is 8.85. The van der Waals surface area contributed by atoms with Crippen molar-refractivity contribution in [2.75, 3.05) is 13.2 Å². The zero-order chi connectivity index (χ0) is 21.4. The summed E-state index contributed by atoms with van der Waals surface area (Å²) >= 11 is 0. The predicted octanol–water partition coefficient (Wildman–Crippen LogP) is 3.34. The van der Waals surface area contributed by atoms with Gasteiger partial charge in [0.15, 0.2) is 24.7 Å².